The molecule has 0 fully saturated rings. The molecule has 0 heterocycles. The molecule has 0 spiro atoms. The molecule has 5 nitrogen and oxygen atoms in total. The molecule has 0 aromatic heterocycles. The van der Waals surface area contributed by atoms with Crippen molar-refractivity contribution in [3.8, 4) is 11.1 Å². The summed E-state index contributed by atoms with van der Waals surface area (Å²) < 4.78 is 5.11. The van der Waals surface area contributed by atoms with E-state index in [-0.39, 0.29) is 12.5 Å². The lowest BCUT2D eigenvalue weighted by Gasteiger charge is -2.13. The molecule has 22 heavy (non-hydrogen) atoms. The lowest BCUT2D eigenvalue weighted by atomic mass is 9.98. The maximum Gasteiger partial charge on any atom is 0.376 e. The van der Waals surface area contributed by atoms with Crippen molar-refractivity contribution < 1.29 is 19.5 Å². The van der Waals surface area contributed by atoms with Crippen LogP contribution in [0.15, 0.2) is 48.5 Å². The normalized spacial score (nSPS) is 12.6. The molecular formula is C17H15NO4. The minimum atomic E-state index is -0.941. The number of hydroxylamine groups is 1. The molecule has 0 amide bonds. The summed E-state index contributed by atoms with van der Waals surface area (Å²) in [5, 5.41) is 8.45. The third kappa shape index (κ3) is 2.52. The number of ether oxygens (including phenoxy) is 1. The zero-order chi connectivity index (χ0) is 15.5. The maximum atomic E-state index is 11.6. The van der Waals surface area contributed by atoms with E-state index in [0.717, 1.165) is 22.3 Å². The summed E-state index contributed by atoms with van der Waals surface area (Å²) in [6.45, 7) is -0.347. The van der Waals surface area contributed by atoms with Crippen LogP contribution in [-0.2, 0) is 14.3 Å². The number of Topliss-reactive ketones (excluding diaryl/α,β-unsaturated/α-hetero) is 1. The second-order valence-electron chi connectivity index (χ2n) is 5.08. The van der Waals surface area contributed by atoms with E-state index < -0.39 is 18.3 Å². The molecule has 2 N–H and O–H groups in total. The van der Waals surface area contributed by atoms with Crippen molar-refractivity contribution in [2.24, 2.45) is 0 Å². The molecule has 0 aliphatic heterocycles. The zero-order valence-electron chi connectivity index (χ0n) is 11.8. The van der Waals surface area contributed by atoms with E-state index in [2.05, 4.69) is 0 Å². The van der Waals surface area contributed by atoms with Gasteiger partial charge in [0.05, 0.1) is 6.54 Å². The lowest BCUT2D eigenvalue weighted by molar-refractivity contribution is -0.154. The van der Waals surface area contributed by atoms with Crippen LogP contribution >= 0.6 is 0 Å². The van der Waals surface area contributed by atoms with Crippen LogP contribution in [0.5, 0.6) is 0 Å². The number of benzene rings is 2. The van der Waals surface area contributed by atoms with Crippen molar-refractivity contribution in [2.75, 3.05) is 13.2 Å². The molecule has 1 aliphatic rings. The van der Waals surface area contributed by atoms with Crippen LogP contribution in [0.4, 0.5) is 0 Å². The van der Waals surface area contributed by atoms with Crippen LogP contribution in [0, 0.1) is 0 Å². The fraction of sp³-hybridized carbons (Fsp3) is 0.176. The predicted octanol–water partition coefficient (Wildman–Crippen LogP) is 1.89. The quantitative estimate of drug-likeness (QED) is 0.501. The lowest BCUT2D eigenvalue weighted by Crippen LogP contribution is -2.29. The van der Waals surface area contributed by atoms with Crippen molar-refractivity contribution in [3.63, 3.8) is 0 Å². The van der Waals surface area contributed by atoms with E-state index in [1.807, 2.05) is 48.5 Å². The number of carbonyl (C=O) groups is 2. The molecule has 1 aliphatic carbocycles. The van der Waals surface area contributed by atoms with Crippen molar-refractivity contribution in [1.29, 1.82) is 0 Å². The SMILES string of the molecule is O=C(CNO)C(=O)OCC1c2ccccc2-c2ccccc21. The Morgan fingerprint density at radius 2 is 1.55 bits per heavy atom. The summed E-state index contributed by atoms with van der Waals surface area (Å²) in [5.74, 6) is -1.82. The summed E-state index contributed by atoms with van der Waals surface area (Å²) in [6, 6.07) is 15.9. The maximum absolute atomic E-state index is 11.6. The second-order valence-corrected chi connectivity index (χ2v) is 5.08. The third-order valence-electron chi connectivity index (χ3n) is 3.81. The Morgan fingerprint density at radius 1 is 1.00 bits per heavy atom. The highest BCUT2D eigenvalue weighted by atomic mass is 16.5. The van der Waals surface area contributed by atoms with Crippen molar-refractivity contribution in [2.45, 2.75) is 5.92 Å². The van der Waals surface area contributed by atoms with E-state index in [9.17, 15) is 9.59 Å². The topological polar surface area (TPSA) is 75.6 Å². The molecule has 0 atom stereocenters. The highest BCUT2D eigenvalue weighted by Crippen LogP contribution is 2.44. The summed E-state index contributed by atoms with van der Waals surface area (Å²) in [4.78, 5) is 22.9. The van der Waals surface area contributed by atoms with Gasteiger partial charge in [0.2, 0.25) is 0 Å². The minimum Gasteiger partial charge on any atom is -0.459 e. The number of hydrogen-bond donors (Lipinski definition) is 2. The third-order valence-corrected chi connectivity index (χ3v) is 3.81. The number of ketones is 1. The van der Waals surface area contributed by atoms with Gasteiger partial charge in [-0.05, 0) is 22.3 Å². The van der Waals surface area contributed by atoms with Crippen LogP contribution in [-0.4, -0.2) is 30.1 Å². The Bertz CT molecular complexity index is 681. The molecular weight excluding hydrogens is 282 g/mol. The van der Waals surface area contributed by atoms with Gasteiger partial charge < -0.3 is 9.94 Å². The summed E-state index contributed by atoms with van der Waals surface area (Å²) in [5.41, 5.74) is 6.09. The Labute approximate surface area is 127 Å². The van der Waals surface area contributed by atoms with Gasteiger partial charge in [-0.25, -0.2) is 4.79 Å². The first-order chi connectivity index (χ1) is 10.7. The Hall–Kier alpha value is -2.50. The molecule has 112 valence electrons. The van der Waals surface area contributed by atoms with E-state index in [0.29, 0.717) is 0 Å². The van der Waals surface area contributed by atoms with Crippen LogP contribution in [0.3, 0.4) is 0 Å². The average Bonchev–Trinajstić information content (AvgIpc) is 2.87. The van der Waals surface area contributed by atoms with Gasteiger partial charge in [-0.2, -0.15) is 5.48 Å². The molecule has 3 rings (SSSR count). The summed E-state index contributed by atoms with van der Waals surface area (Å²) in [7, 11) is 0. The van der Waals surface area contributed by atoms with Crippen LogP contribution in [0.1, 0.15) is 17.0 Å². The molecule has 0 bridgehead atoms. The number of rotatable bonds is 5. The van der Waals surface area contributed by atoms with Crippen molar-refractivity contribution in [3.05, 3.63) is 59.7 Å². The molecule has 0 radical (unpaired) electrons. The van der Waals surface area contributed by atoms with E-state index in [1.54, 1.807) is 5.48 Å². The minimum absolute atomic E-state index is 0.0776. The average molecular weight is 297 g/mol. The molecule has 0 saturated carbocycles. The highest BCUT2D eigenvalue weighted by molar-refractivity contribution is 6.34. The molecule has 5 heteroatoms. The number of esters is 1. The smallest absolute Gasteiger partial charge is 0.376 e. The first-order valence-corrected chi connectivity index (χ1v) is 6.97. The van der Waals surface area contributed by atoms with Gasteiger partial charge in [0.1, 0.15) is 6.61 Å². The Balaban J connectivity index is 1.82. The Kier molecular flexibility index (Phi) is 4.00. The molecule has 0 unspecified atom stereocenters. The van der Waals surface area contributed by atoms with Crippen molar-refractivity contribution in [1.82, 2.24) is 5.48 Å². The standard InChI is InChI=1S/C17H15NO4/c19-16(9-18-21)17(20)22-10-15-13-7-3-1-5-11(13)12-6-2-4-8-14(12)15/h1-8,15,18,21H,9-10H2. The van der Waals surface area contributed by atoms with Gasteiger partial charge in [-0.3, -0.25) is 4.79 Å². The first-order valence-electron chi connectivity index (χ1n) is 6.97. The fourth-order valence-electron chi connectivity index (χ4n) is 2.82. The highest BCUT2D eigenvalue weighted by Gasteiger charge is 2.29. The van der Waals surface area contributed by atoms with E-state index >= 15 is 0 Å². The second kappa shape index (κ2) is 6.09. The van der Waals surface area contributed by atoms with Gasteiger partial charge in [-0.1, -0.05) is 48.5 Å². The fourth-order valence-corrected chi connectivity index (χ4v) is 2.82. The monoisotopic (exact) mass is 297 g/mol. The van der Waals surface area contributed by atoms with Gasteiger partial charge in [0, 0.05) is 5.92 Å². The predicted molar refractivity (Wildman–Crippen MR) is 79.5 cm³/mol. The van der Waals surface area contributed by atoms with Crippen LogP contribution in [0.2, 0.25) is 0 Å². The number of carbonyl (C=O) groups excluding carboxylic acids is 2. The summed E-state index contributed by atoms with van der Waals surface area (Å²) in [6.07, 6.45) is 0. The van der Waals surface area contributed by atoms with Gasteiger partial charge >= 0.3 is 5.97 Å². The van der Waals surface area contributed by atoms with Crippen LogP contribution < -0.4 is 5.48 Å². The van der Waals surface area contributed by atoms with E-state index in [4.69, 9.17) is 9.94 Å². The largest absolute Gasteiger partial charge is 0.459 e. The van der Waals surface area contributed by atoms with Gasteiger partial charge in [0.25, 0.3) is 5.78 Å². The van der Waals surface area contributed by atoms with Gasteiger partial charge in [0.15, 0.2) is 0 Å². The number of nitrogens with one attached hydrogen (secondary N) is 1. The zero-order valence-corrected chi connectivity index (χ0v) is 11.8. The molecule has 0 saturated heterocycles. The number of hydrogen-bond acceptors (Lipinski definition) is 5. The van der Waals surface area contributed by atoms with Gasteiger partial charge in [-0.15, -0.1) is 0 Å². The first kappa shape index (κ1) is 14.4. The summed E-state index contributed by atoms with van der Waals surface area (Å²) >= 11 is 0. The van der Waals surface area contributed by atoms with Crippen LogP contribution in [0.25, 0.3) is 11.1 Å². The molecule has 2 aromatic rings. The molecule has 2 aromatic carbocycles. The van der Waals surface area contributed by atoms with Crippen molar-refractivity contribution >= 4 is 11.8 Å². The Morgan fingerprint density at radius 3 is 2.09 bits per heavy atom. The number of fused-ring (bicyclic) bond motifs is 3. The van der Waals surface area contributed by atoms with E-state index in [1.165, 1.54) is 0 Å².